The Morgan fingerprint density at radius 3 is 2.67 bits per heavy atom. The predicted molar refractivity (Wildman–Crippen MR) is 62.6 cm³/mol. The average molecular weight is 274 g/mol. The number of hydrogen-bond acceptors (Lipinski definition) is 6. The summed E-state index contributed by atoms with van der Waals surface area (Å²) in [6.07, 6.45) is 0. The van der Waals surface area contributed by atoms with Crippen molar-refractivity contribution in [1.29, 1.82) is 0 Å². The van der Waals surface area contributed by atoms with Gasteiger partial charge >= 0.3 is 5.97 Å². The summed E-state index contributed by atoms with van der Waals surface area (Å²) in [7, 11) is 1.35. The van der Waals surface area contributed by atoms with Crippen LogP contribution in [0.15, 0.2) is 0 Å². The second-order valence-corrected chi connectivity index (χ2v) is 5.60. The van der Waals surface area contributed by atoms with E-state index in [0.29, 0.717) is 0 Å². The number of methoxy groups -OCH3 is 1. The average Bonchev–Trinajstić information content (AvgIpc) is 2.35. The van der Waals surface area contributed by atoms with Gasteiger partial charge in [0.05, 0.1) is 0 Å². The summed E-state index contributed by atoms with van der Waals surface area (Å²) in [5, 5.41) is 9.05. The molecule has 2 rings (SSSR count). The molecule has 0 bridgehead atoms. The first-order valence-corrected chi connectivity index (χ1v) is 6.29. The van der Waals surface area contributed by atoms with Crippen LogP contribution in [0, 0.1) is 5.41 Å². The summed E-state index contributed by atoms with van der Waals surface area (Å²) >= 11 is 1.11. The first-order valence-electron chi connectivity index (χ1n) is 5.35. The topological polar surface area (TPSA) is 110 Å². The molecule has 3 unspecified atom stereocenters. The monoisotopic (exact) mass is 274 g/mol. The summed E-state index contributed by atoms with van der Waals surface area (Å²) in [4.78, 5) is 36.1. The number of fused-ring (bicyclic) bond motifs is 1. The first kappa shape index (κ1) is 13.3. The molecule has 0 aromatic heterocycles. The lowest BCUT2D eigenvalue weighted by Crippen LogP contribution is -2.74. The lowest BCUT2D eigenvalue weighted by Gasteiger charge is -2.54. The van der Waals surface area contributed by atoms with Gasteiger partial charge in [-0.15, -0.1) is 11.8 Å². The molecule has 4 atom stereocenters. The molecule has 1 amide bonds. The highest BCUT2D eigenvalue weighted by molar-refractivity contribution is 8.00. The molecule has 2 heterocycles. The molecule has 2 fully saturated rings. The fraction of sp³-hybridized carbons (Fsp3) is 0.700. The van der Waals surface area contributed by atoms with Gasteiger partial charge in [-0.3, -0.25) is 14.4 Å². The predicted octanol–water partition coefficient (Wildman–Crippen LogP) is -1.14. The fourth-order valence-electron chi connectivity index (χ4n) is 2.32. The van der Waals surface area contributed by atoms with E-state index in [4.69, 9.17) is 10.5 Å². The van der Waals surface area contributed by atoms with Crippen molar-refractivity contribution in [1.82, 2.24) is 4.90 Å². The normalized spacial score (nSPS) is 38.9. The third-order valence-electron chi connectivity index (χ3n) is 3.49. The zero-order valence-corrected chi connectivity index (χ0v) is 10.8. The molecule has 0 aromatic rings. The second-order valence-electron chi connectivity index (χ2n) is 4.42. The molecule has 0 aliphatic carbocycles. The van der Waals surface area contributed by atoms with Crippen molar-refractivity contribution in [2.24, 2.45) is 11.1 Å². The van der Waals surface area contributed by atoms with Crippen LogP contribution < -0.4 is 5.73 Å². The van der Waals surface area contributed by atoms with Crippen molar-refractivity contribution in [3.05, 3.63) is 0 Å². The Bertz CT molecular complexity index is 412. The molecule has 18 heavy (non-hydrogen) atoms. The van der Waals surface area contributed by atoms with E-state index in [2.05, 4.69) is 0 Å². The van der Waals surface area contributed by atoms with Crippen LogP contribution >= 0.6 is 11.8 Å². The van der Waals surface area contributed by atoms with Crippen molar-refractivity contribution < 1.29 is 24.2 Å². The van der Waals surface area contributed by atoms with E-state index in [9.17, 15) is 19.5 Å². The van der Waals surface area contributed by atoms with Crippen LogP contribution in [0.5, 0.6) is 0 Å². The van der Waals surface area contributed by atoms with E-state index in [0.717, 1.165) is 11.8 Å². The quantitative estimate of drug-likeness (QED) is 0.494. The fourth-order valence-corrected chi connectivity index (χ4v) is 3.86. The number of ether oxygens (including phenoxy) is 1. The van der Waals surface area contributed by atoms with E-state index in [1.807, 2.05) is 0 Å². The zero-order valence-electron chi connectivity index (χ0n) is 9.95. The third-order valence-corrected chi connectivity index (χ3v) is 5.16. The van der Waals surface area contributed by atoms with Crippen molar-refractivity contribution in [2.75, 3.05) is 13.7 Å². The molecule has 3 N–H and O–H groups in total. The smallest absolute Gasteiger partial charge is 0.322 e. The number of nitrogens with zero attached hydrogens (tertiary/aromatic N) is 1. The summed E-state index contributed by atoms with van der Waals surface area (Å²) in [6.45, 7) is 1.02. The van der Waals surface area contributed by atoms with E-state index in [-0.39, 0.29) is 17.8 Å². The van der Waals surface area contributed by atoms with Gasteiger partial charge in [0.1, 0.15) is 16.9 Å². The molecule has 0 spiro atoms. The molecular weight excluding hydrogens is 260 g/mol. The zero-order chi connectivity index (χ0) is 13.7. The number of ketones is 1. The molecule has 2 saturated heterocycles. The minimum absolute atomic E-state index is 0.180. The van der Waals surface area contributed by atoms with Crippen molar-refractivity contribution in [2.45, 2.75) is 23.8 Å². The highest BCUT2D eigenvalue weighted by Gasteiger charge is 2.63. The number of Topliss-reactive ketones (excluding diaryl/α,β-unsaturated/α-hetero) is 1. The maximum atomic E-state index is 11.8. The largest absolute Gasteiger partial charge is 0.480 e. The molecule has 2 aliphatic heterocycles. The van der Waals surface area contributed by atoms with Crippen LogP contribution in [0.25, 0.3) is 0 Å². The van der Waals surface area contributed by atoms with Gasteiger partial charge in [0.15, 0.2) is 11.2 Å². The molecule has 8 heteroatoms. The number of carbonyl (C=O) groups excluding carboxylic acids is 2. The van der Waals surface area contributed by atoms with Crippen LogP contribution in [0.4, 0.5) is 0 Å². The second kappa shape index (κ2) is 4.22. The number of carboxylic acids is 1. The number of hydrogen-bond donors (Lipinski definition) is 2. The standard InChI is InChI=1S/C10H14N2O5S/c1-4(13)10(8(15)16)3-12-6(14)5(11)7(12)18-9(10)17-2/h5,7,9H,3,11H2,1-2H3,(H,15,16)/t5?,7-,9?,10?/m1/s1. The van der Waals surface area contributed by atoms with Crippen LogP contribution in [0.3, 0.4) is 0 Å². The summed E-state index contributed by atoms with van der Waals surface area (Å²) in [6, 6.07) is -0.647. The molecule has 0 radical (unpaired) electrons. The Labute approximate surface area is 108 Å². The lowest BCUT2D eigenvalue weighted by atomic mass is 9.82. The number of amides is 1. The Hall–Kier alpha value is -1.12. The highest BCUT2D eigenvalue weighted by Crippen LogP contribution is 2.47. The van der Waals surface area contributed by atoms with Gasteiger partial charge in [-0.1, -0.05) is 0 Å². The number of thioether (sulfide) groups is 1. The van der Waals surface area contributed by atoms with Crippen molar-refractivity contribution >= 4 is 29.4 Å². The minimum Gasteiger partial charge on any atom is -0.480 e. The van der Waals surface area contributed by atoms with Crippen LogP contribution in [0.1, 0.15) is 6.92 Å². The van der Waals surface area contributed by atoms with Gasteiger partial charge in [-0.25, -0.2) is 0 Å². The Morgan fingerprint density at radius 1 is 1.61 bits per heavy atom. The SMILES string of the molecule is COC1S[C@@H]2C(N)C(=O)N2CC1(C(C)=O)C(=O)O. The van der Waals surface area contributed by atoms with Crippen LogP contribution in [-0.2, 0) is 19.1 Å². The van der Waals surface area contributed by atoms with Gasteiger partial charge in [0.2, 0.25) is 5.91 Å². The Kier molecular flexibility index (Phi) is 3.12. The van der Waals surface area contributed by atoms with E-state index >= 15 is 0 Å². The van der Waals surface area contributed by atoms with Crippen LogP contribution in [-0.4, -0.2) is 58.2 Å². The molecule has 100 valence electrons. The summed E-state index contributed by atoms with van der Waals surface area (Å²) in [5.74, 6) is -2.13. The number of rotatable bonds is 3. The first-order chi connectivity index (χ1) is 8.36. The summed E-state index contributed by atoms with van der Waals surface area (Å²) in [5.41, 5.74) is 3.08. The van der Waals surface area contributed by atoms with E-state index < -0.39 is 28.6 Å². The third kappa shape index (κ3) is 1.49. The van der Waals surface area contributed by atoms with E-state index in [1.165, 1.54) is 18.9 Å². The van der Waals surface area contributed by atoms with E-state index in [1.54, 1.807) is 0 Å². The van der Waals surface area contributed by atoms with Gasteiger partial charge in [-0.2, -0.15) is 0 Å². The van der Waals surface area contributed by atoms with Gasteiger partial charge < -0.3 is 20.5 Å². The van der Waals surface area contributed by atoms with Crippen molar-refractivity contribution in [3.8, 4) is 0 Å². The van der Waals surface area contributed by atoms with Gasteiger partial charge in [0, 0.05) is 13.7 Å². The minimum atomic E-state index is -1.72. The van der Waals surface area contributed by atoms with Gasteiger partial charge in [0.25, 0.3) is 0 Å². The molecular formula is C10H14N2O5S. The molecule has 7 nitrogen and oxygen atoms in total. The Balaban J connectivity index is 2.37. The number of aliphatic carboxylic acids is 1. The van der Waals surface area contributed by atoms with Crippen molar-refractivity contribution in [3.63, 3.8) is 0 Å². The van der Waals surface area contributed by atoms with Gasteiger partial charge in [-0.05, 0) is 6.92 Å². The number of β-lactam (4-membered cyclic amide) rings is 1. The number of nitrogens with two attached hydrogens (primary N) is 1. The molecule has 0 saturated carbocycles. The van der Waals surface area contributed by atoms with Crippen LogP contribution in [0.2, 0.25) is 0 Å². The number of carbonyl (C=O) groups is 3. The molecule has 0 aromatic carbocycles. The summed E-state index contributed by atoms with van der Waals surface area (Å²) < 4.78 is 5.13. The number of carboxylic acid groups (broad SMARTS) is 1. The Morgan fingerprint density at radius 2 is 2.22 bits per heavy atom. The lowest BCUT2D eigenvalue weighted by molar-refractivity contribution is -0.168. The maximum Gasteiger partial charge on any atom is 0.322 e. The maximum absolute atomic E-state index is 11.8. The highest BCUT2D eigenvalue weighted by atomic mass is 32.2. The molecule has 2 aliphatic rings.